The maximum absolute atomic E-state index is 11.4. The number of nitrogens with zero attached hydrogens (tertiary/aromatic N) is 4. The molecular formula is C16H20N4O5. The molecule has 0 saturated carbocycles. The van der Waals surface area contributed by atoms with E-state index in [-0.39, 0.29) is 29.0 Å². The molecule has 0 N–H and O–H groups in total. The molecule has 0 bridgehead atoms. The topological polar surface area (TPSA) is 109 Å². The Bertz CT molecular complexity index is 707. The molecule has 1 aromatic rings. The molecule has 1 saturated heterocycles. The van der Waals surface area contributed by atoms with Crippen molar-refractivity contribution in [2.45, 2.75) is 25.9 Å². The lowest BCUT2D eigenvalue weighted by atomic mass is 10.1. The van der Waals surface area contributed by atoms with Gasteiger partial charge in [-0.15, -0.1) is 0 Å². The molecule has 134 valence electrons. The van der Waals surface area contributed by atoms with Crippen molar-refractivity contribution < 1.29 is 19.2 Å². The molecule has 1 aliphatic heterocycles. The van der Waals surface area contributed by atoms with Crippen LogP contribution in [-0.4, -0.2) is 54.2 Å². The van der Waals surface area contributed by atoms with E-state index in [1.807, 2.05) is 11.1 Å². The van der Waals surface area contributed by atoms with E-state index in [0.717, 1.165) is 0 Å². The molecule has 1 aliphatic rings. The number of piperidine rings is 1. The first-order valence-corrected chi connectivity index (χ1v) is 7.79. The van der Waals surface area contributed by atoms with Crippen LogP contribution in [0.4, 0.5) is 5.69 Å². The number of hydrogen-bond donors (Lipinski definition) is 0. The van der Waals surface area contributed by atoms with Crippen molar-refractivity contribution in [2.75, 3.05) is 27.2 Å². The van der Waals surface area contributed by atoms with Crippen LogP contribution < -0.4 is 9.47 Å². The Morgan fingerprint density at radius 2 is 2.04 bits per heavy atom. The second-order valence-corrected chi connectivity index (χ2v) is 5.70. The van der Waals surface area contributed by atoms with Crippen molar-refractivity contribution in [1.29, 1.82) is 5.26 Å². The monoisotopic (exact) mass is 348 g/mol. The number of nitro groups is 1. The molecule has 2 rings (SSSR count). The van der Waals surface area contributed by atoms with Crippen LogP contribution in [-0.2, 0) is 4.79 Å². The van der Waals surface area contributed by atoms with Gasteiger partial charge in [0.25, 0.3) is 5.69 Å². The van der Waals surface area contributed by atoms with E-state index in [1.165, 1.54) is 26.2 Å². The molecule has 0 radical (unpaired) electrons. The number of amides is 1. The second kappa shape index (κ2) is 7.81. The highest BCUT2D eigenvalue weighted by atomic mass is 16.6. The summed E-state index contributed by atoms with van der Waals surface area (Å²) in [5.74, 6) is 0.493. The summed E-state index contributed by atoms with van der Waals surface area (Å²) in [4.78, 5) is 21.8. The van der Waals surface area contributed by atoms with Gasteiger partial charge in [0.2, 0.25) is 5.91 Å². The molecule has 1 aromatic carbocycles. The largest absolute Gasteiger partial charge is 0.493 e. The van der Waals surface area contributed by atoms with Crippen molar-refractivity contribution in [2.24, 2.45) is 0 Å². The average Bonchev–Trinajstić information content (AvgIpc) is 2.61. The second-order valence-electron chi connectivity index (χ2n) is 5.70. The molecule has 9 nitrogen and oxygen atoms in total. The van der Waals surface area contributed by atoms with Gasteiger partial charge in [0, 0.05) is 33.1 Å². The van der Waals surface area contributed by atoms with Crippen LogP contribution in [0.2, 0.25) is 0 Å². The van der Waals surface area contributed by atoms with Crippen LogP contribution in [0.1, 0.15) is 25.3 Å². The Morgan fingerprint density at radius 3 is 2.52 bits per heavy atom. The summed E-state index contributed by atoms with van der Waals surface area (Å²) in [7, 11) is 3.12. The molecular weight excluding hydrogens is 328 g/mol. The summed E-state index contributed by atoms with van der Waals surface area (Å²) in [6.07, 6.45) is 1.23. The van der Waals surface area contributed by atoms with Gasteiger partial charge in [-0.05, 0) is 12.8 Å². The molecule has 25 heavy (non-hydrogen) atoms. The van der Waals surface area contributed by atoms with Gasteiger partial charge in [-0.2, -0.15) is 5.26 Å². The molecule has 0 aromatic heterocycles. The van der Waals surface area contributed by atoms with Gasteiger partial charge < -0.3 is 9.47 Å². The van der Waals surface area contributed by atoms with Gasteiger partial charge in [-0.3, -0.25) is 19.9 Å². The summed E-state index contributed by atoms with van der Waals surface area (Å²) >= 11 is 0. The number of ether oxygens (including phenoxy) is 2. The van der Waals surface area contributed by atoms with Crippen LogP contribution >= 0.6 is 0 Å². The minimum Gasteiger partial charge on any atom is -0.493 e. The van der Waals surface area contributed by atoms with Crippen LogP contribution in [0.25, 0.3) is 0 Å². The van der Waals surface area contributed by atoms with Gasteiger partial charge in [-0.25, -0.2) is 5.01 Å². The van der Waals surface area contributed by atoms with Gasteiger partial charge >= 0.3 is 0 Å². The lowest BCUT2D eigenvalue weighted by molar-refractivity contribution is -0.385. The lowest BCUT2D eigenvalue weighted by Crippen LogP contribution is -2.48. The smallest absolute Gasteiger partial charge is 0.291 e. The molecule has 1 fully saturated rings. The quantitative estimate of drug-likeness (QED) is 0.588. The average molecular weight is 348 g/mol. The molecule has 9 heteroatoms. The predicted octanol–water partition coefficient (Wildman–Crippen LogP) is 1.71. The molecule has 0 atom stereocenters. The molecule has 0 unspecified atom stereocenters. The van der Waals surface area contributed by atoms with Crippen molar-refractivity contribution in [1.82, 2.24) is 10.0 Å². The standard InChI is InChI=1S/C16H20N4O5/c1-11(21)18(2)19-6-4-13(5-7-19)25-16-8-12(10-17)14(20(22)23)9-15(16)24-3/h8-9,13H,4-7H2,1-3H3. The first kappa shape index (κ1) is 18.5. The summed E-state index contributed by atoms with van der Waals surface area (Å²) in [6, 6.07) is 4.35. The first-order chi connectivity index (χ1) is 11.9. The number of rotatable bonds is 5. The highest BCUT2D eigenvalue weighted by Crippen LogP contribution is 2.35. The van der Waals surface area contributed by atoms with Gasteiger partial charge in [0.05, 0.1) is 18.1 Å². The Labute approximate surface area is 145 Å². The van der Waals surface area contributed by atoms with Crippen LogP contribution in [0.3, 0.4) is 0 Å². The highest BCUT2D eigenvalue weighted by molar-refractivity contribution is 5.72. The van der Waals surface area contributed by atoms with E-state index in [9.17, 15) is 14.9 Å². The summed E-state index contributed by atoms with van der Waals surface area (Å²) in [5.41, 5.74) is -0.390. The Balaban J connectivity index is 2.12. The van der Waals surface area contributed by atoms with Crippen molar-refractivity contribution >= 4 is 11.6 Å². The van der Waals surface area contributed by atoms with E-state index < -0.39 is 4.92 Å². The number of hydrazine groups is 1. The number of hydrogen-bond acceptors (Lipinski definition) is 7. The maximum atomic E-state index is 11.4. The van der Waals surface area contributed by atoms with Gasteiger partial charge in [-0.1, -0.05) is 0 Å². The Hall–Kier alpha value is -2.86. The number of carbonyl (C=O) groups excluding carboxylic acids is 1. The van der Waals surface area contributed by atoms with Gasteiger partial charge in [0.1, 0.15) is 17.7 Å². The molecule has 1 heterocycles. The normalized spacial score (nSPS) is 15.3. The number of nitriles is 1. The van der Waals surface area contributed by atoms with Crippen molar-refractivity contribution in [3.63, 3.8) is 0 Å². The SMILES string of the molecule is COc1cc([N+](=O)[O-])c(C#N)cc1OC1CCN(N(C)C(C)=O)CC1. The molecule has 0 spiro atoms. The van der Waals surface area contributed by atoms with E-state index in [1.54, 1.807) is 12.1 Å². The fourth-order valence-electron chi connectivity index (χ4n) is 2.68. The third-order valence-electron chi connectivity index (χ3n) is 4.19. The Kier molecular flexibility index (Phi) is 5.77. The number of methoxy groups -OCH3 is 1. The third-order valence-corrected chi connectivity index (χ3v) is 4.19. The number of nitro benzene ring substituents is 1. The molecule has 0 aliphatic carbocycles. The van der Waals surface area contributed by atoms with Crippen molar-refractivity contribution in [3.05, 3.63) is 27.8 Å². The minimum absolute atomic E-state index is 0.0323. The minimum atomic E-state index is -0.624. The zero-order valence-electron chi connectivity index (χ0n) is 14.4. The van der Waals surface area contributed by atoms with E-state index >= 15 is 0 Å². The third kappa shape index (κ3) is 4.16. The molecule has 1 amide bonds. The summed E-state index contributed by atoms with van der Waals surface area (Å²) < 4.78 is 11.1. The van der Waals surface area contributed by atoms with E-state index in [4.69, 9.17) is 14.7 Å². The van der Waals surface area contributed by atoms with Crippen LogP contribution in [0, 0.1) is 21.4 Å². The fourth-order valence-corrected chi connectivity index (χ4v) is 2.68. The predicted molar refractivity (Wildman–Crippen MR) is 88.0 cm³/mol. The number of carbonyl (C=O) groups is 1. The van der Waals surface area contributed by atoms with Crippen LogP contribution in [0.5, 0.6) is 11.5 Å². The zero-order valence-corrected chi connectivity index (χ0v) is 14.4. The maximum Gasteiger partial charge on any atom is 0.291 e. The zero-order chi connectivity index (χ0) is 18.6. The summed E-state index contributed by atoms with van der Waals surface area (Å²) in [5, 5.41) is 23.7. The number of benzene rings is 1. The fraction of sp³-hybridized carbons (Fsp3) is 0.500. The summed E-state index contributed by atoms with van der Waals surface area (Å²) in [6.45, 7) is 2.82. The van der Waals surface area contributed by atoms with Crippen LogP contribution in [0.15, 0.2) is 12.1 Å². The van der Waals surface area contributed by atoms with E-state index in [0.29, 0.717) is 31.7 Å². The first-order valence-electron chi connectivity index (χ1n) is 7.79. The lowest BCUT2D eigenvalue weighted by Gasteiger charge is -2.37. The highest BCUT2D eigenvalue weighted by Gasteiger charge is 2.26. The Morgan fingerprint density at radius 1 is 1.40 bits per heavy atom. The van der Waals surface area contributed by atoms with Crippen molar-refractivity contribution in [3.8, 4) is 17.6 Å². The van der Waals surface area contributed by atoms with E-state index in [2.05, 4.69) is 0 Å². The van der Waals surface area contributed by atoms with Gasteiger partial charge in [0.15, 0.2) is 11.5 Å².